The Hall–Kier alpha value is -0.810. The summed E-state index contributed by atoms with van der Waals surface area (Å²) in [6.07, 6.45) is 6.64. The van der Waals surface area contributed by atoms with Gasteiger partial charge in [0.05, 0.1) is 6.54 Å². The molecular formula is C18H37N5. The number of piperazine rings is 1. The number of nitrogens with zero attached hydrogens (tertiary/aromatic N) is 3. The van der Waals surface area contributed by atoms with Crippen LogP contribution in [-0.2, 0) is 0 Å². The van der Waals surface area contributed by atoms with Crippen molar-refractivity contribution in [2.45, 2.75) is 58.0 Å². The highest BCUT2D eigenvalue weighted by molar-refractivity contribution is 5.80. The highest BCUT2D eigenvalue weighted by atomic mass is 15.3. The van der Waals surface area contributed by atoms with Crippen LogP contribution in [0.25, 0.3) is 0 Å². The zero-order valence-corrected chi connectivity index (χ0v) is 15.6. The van der Waals surface area contributed by atoms with Gasteiger partial charge in [-0.2, -0.15) is 0 Å². The standard InChI is InChI=1S/C18H37N5/c1-5-15-7-9-16(10-8-15)21-18(19-6-2)20-13-17-14-22(3)11-12-23(17)4/h15-17H,5-14H2,1-4H3,(H2,19,20,21). The average molecular weight is 324 g/mol. The predicted molar refractivity (Wildman–Crippen MR) is 99.1 cm³/mol. The molecule has 2 fully saturated rings. The van der Waals surface area contributed by atoms with Crippen LogP contribution < -0.4 is 10.6 Å². The summed E-state index contributed by atoms with van der Waals surface area (Å²) in [5.74, 6) is 1.95. The molecule has 2 rings (SSSR count). The summed E-state index contributed by atoms with van der Waals surface area (Å²) in [6.45, 7) is 9.68. The fourth-order valence-corrected chi connectivity index (χ4v) is 3.72. The van der Waals surface area contributed by atoms with Gasteiger partial charge in [0.1, 0.15) is 0 Å². The largest absolute Gasteiger partial charge is 0.357 e. The second kappa shape index (κ2) is 9.48. The highest BCUT2D eigenvalue weighted by Gasteiger charge is 2.23. The van der Waals surface area contributed by atoms with E-state index in [4.69, 9.17) is 4.99 Å². The highest BCUT2D eigenvalue weighted by Crippen LogP contribution is 2.26. The van der Waals surface area contributed by atoms with Crippen LogP contribution in [0.3, 0.4) is 0 Å². The molecule has 2 N–H and O–H groups in total. The van der Waals surface area contributed by atoms with Crippen molar-refractivity contribution in [2.75, 3.05) is 46.8 Å². The van der Waals surface area contributed by atoms with Gasteiger partial charge in [0, 0.05) is 38.3 Å². The number of hydrogen-bond acceptors (Lipinski definition) is 3. The number of aliphatic imine (C=N–C) groups is 1. The van der Waals surface area contributed by atoms with Crippen LogP contribution in [0.1, 0.15) is 46.0 Å². The number of likely N-dealkylation sites (N-methyl/N-ethyl adjacent to an activating group) is 2. The van der Waals surface area contributed by atoms with Gasteiger partial charge in [-0.25, -0.2) is 0 Å². The third-order valence-electron chi connectivity index (χ3n) is 5.55. The minimum atomic E-state index is 0.528. The van der Waals surface area contributed by atoms with E-state index in [9.17, 15) is 0 Å². The van der Waals surface area contributed by atoms with Crippen LogP contribution in [0.15, 0.2) is 4.99 Å². The average Bonchev–Trinajstić information content (AvgIpc) is 2.56. The Morgan fingerprint density at radius 1 is 1.09 bits per heavy atom. The van der Waals surface area contributed by atoms with Crippen LogP contribution in [0.2, 0.25) is 0 Å². The Kier molecular flexibility index (Phi) is 7.63. The van der Waals surface area contributed by atoms with Crippen molar-refractivity contribution in [3.8, 4) is 0 Å². The summed E-state index contributed by atoms with van der Waals surface area (Å²) in [5.41, 5.74) is 0. The summed E-state index contributed by atoms with van der Waals surface area (Å²) in [4.78, 5) is 9.73. The van der Waals surface area contributed by atoms with Gasteiger partial charge in [0.15, 0.2) is 5.96 Å². The first-order valence-corrected chi connectivity index (χ1v) is 9.56. The van der Waals surface area contributed by atoms with Gasteiger partial charge in [-0.3, -0.25) is 9.89 Å². The van der Waals surface area contributed by atoms with Gasteiger partial charge in [-0.15, -0.1) is 0 Å². The smallest absolute Gasteiger partial charge is 0.191 e. The Morgan fingerprint density at radius 2 is 1.83 bits per heavy atom. The van der Waals surface area contributed by atoms with Crippen LogP contribution in [0.5, 0.6) is 0 Å². The third kappa shape index (κ3) is 5.96. The molecule has 0 bridgehead atoms. The molecule has 1 saturated carbocycles. The predicted octanol–water partition coefficient (Wildman–Crippen LogP) is 1.76. The number of nitrogens with one attached hydrogen (secondary N) is 2. The maximum Gasteiger partial charge on any atom is 0.191 e. The molecule has 1 aliphatic heterocycles. The van der Waals surface area contributed by atoms with E-state index >= 15 is 0 Å². The SMILES string of the molecule is CCNC(=NCC1CN(C)CCN1C)NC1CCC(CC)CC1. The quantitative estimate of drug-likeness (QED) is 0.598. The number of guanidine groups is 1. The van der Waals surface area contributed by atoms with Crippen LogP contribution >= 0.6 is 0 Å². The lowest BCUT2D eigenvalue weighted by molar-refractivity contribution is 0.119. The molecule has 23 heavy (non-hydrogen) atoms. The maximum absolute atomic E-state index is 4.88. The molecule has 0 aromatic rings. The number of hydrogen-bond donors (Lipinski definition) is 2. The van der Waals surface area contributed by atoms with Crippen molar-refractivity contribution >= 4 is 5.96 Å². The summed E-state index contributed by atoms with van der Waals surface area (Å²) in [5, 5.41) is 7.10. The molecule has 5 nitrogen and oxygen atoms in total. The van der Waals surface area contributed by atoms with Gasteiger partial charge >= 0.3 is 0 Å². The molecule has 0 radical (unpaired) electrons. The van der Waals surface area contributed by atoms with E-state index in [0.717, 1.165) is 44.6 Å². The second-order valence-corrected chi connectivity index (χ2v) is 7.39. The van der Waals surface area contributed by atoms with Gasteiger partial charge in [-0.05, 0) is 52.6 Å². The monoisotopic (exact) mass is 323 g/mol. The lowest BCUT2D eigenvalue weighted by atomic mass is 9.84. The number of rotatable bonds is 5. The fourth-order valence-electron chi connectivity index (χ4n) is 3.72. The van der Waals surface area contributed by atoms with Crippen molar-refractivity contribution in [3.63, 3.8) is 0 Å². The van der Waals surface area contributed by atoms with Crippen LogP contribution in [-0.4, -0.2) is 74.7 Å². The summed E-state index contributed by atoms with van der Waals surface area (Å²) >= 11 is 0. The molecule has 1 atom stereocenters. The first-order chi connectivity index (χ1) is 11.1. The first-order valence-electron chi connectivity index (χ1n) is 9.56. The summed E-state index contributed by atoms with van der Waals surface area (Å²) < 4.78 is 0. The van der Waals surface area contributed by atoms with E-state index in [2.05, 4.69) is 48.4 Å². The van der Waals surface area contributed by atoms with E-state index in [0.29, 0.717) is 12.1 Å². The lowest BCUT2D eigenvalue weighted by Gasteiger charge is -2.37. The van der Waals surface area contributed by atoms with E-state index < -0.39 is 0 Å². The fraction of sp³-hybridized carbons (Fsp3) is 0.944. The Labute approximate surface area is 142 Å². The minimum absolute atomic E-state index is 0.528. The molecule has 0 aromatic carbocycles. The molecule has 5 heteroatoms. The van der Waals surface area contributed by atoms with Gasteiger partial charge < -0.3 is 15.5 Å². The van der Waals surface area contributed by atoms with Crippen molar-refractivity contribution < 1.29 is 0 Å². The molecule has 1 heterocycles. The van der Waals surface area contributed by atoms with Crippen LogP contribution in [0, 0.1) is 5.92 Å². The first kappa shape index (κ1) is 18.5. The molecule has 134 valence electrons. The topological polar surface area (TPSA) is 42.9 Å². The Balaban J connectivity index is 1.84. The Morgan fingerprint density at radius 3 is 2.48 bits per heavy atom. The molecule has 2 aliphatic rings. The molecule has 0 spiro atoms. The molecular weight excluding hydrogens is 286 g/mol. The van der Waals surface area contributed by atoms with Gasteiger partial charge in [0.2, 0.25) is 0 Å². The molecule has 1 saturated heterocycles. The second-order valence-electron chi connectivity index (χ2n) is 7.39. The van der Waals surface area contributed by atoms with E-state index in [1.54, 1.807) is 0 Å². The molecule has 0 amide bonds. The van der Waals surface area contributed by atoms with Gasteiger partial charge in [0.25, 0.3) is 0 Å². The van der Waals surface area contributed by atoms with Crippen LogP contribution in [0.4, 0.5) is 0 Å². The maximum atomic E-state index is 4.88. The zero-order chi connectivity index (χ0) is 16.7. The molecule has 0 aromatic heterocycles. The zero-order valence-electron chi connectivity index (χ0n) is 15.6. The molecule has 1 aliphatic carbocycles. The van der Waals surface area contributed by atoms with E-state index in [1.807, 2.05) is 0 Å². The lowest BCUT2D eigenvalue weighted by Crippen LogP contribution is -2.52. The van der Waals surface area contributed by atoms with E-state index in [-0.39, 0.29) is 0 Å². The van der Waals surface area contributed by atoms with Crippen molar-refractivity contribution in [3.05, 3.63) is 0 Å². The van der Waals surface area contributed by atoms with Crippen molar-refractivity contribution in [1.82, 2.24) is 20.4 Å². The normalized spacial score (nSPS) is 31.1. The molecule has 1 unspecified atom stereocenters. The summed E-state index contributed by atoms with van der Waals surface area (Å²) in [6, 6.07) is 1.13. The Bertz CT molecular complexity index is 362. The van der Waals surface area contributed by atoms with Crippen molar-refractivity contribution in [1.29, 1.82) is 0 Å². The van der Waals surface area contributed by atoms with Gasteiger partial charge in [-0.1, -0.05) is 13.3 Å². The summed E-state index contributed by atoms with van der Waals surface area (Å²) in [7, 11) is 4.43. The third-order valence-corrected chi connectivity index (χ3v) is 5.55. The van der Waals surface area contributed by atoms with E-state index in [1.165, 1.54) is 32.1 Å². The van der Waals surface area contributed by atoms with Crippen molar-refractivity contribution in [2.24, 2.45) is 10.9 Å². The minimum Gasteiger partial charge on any atom is -0.357 e.